The average Bonchev–Trinajstić information content (AvgIpc) is 2.25. The zero-order chi connectivity index (χ0) is 12.7. The van der Waals surface area contributed by atoms with Crippen molar-refractivity contribution < 1.29 is 8.42 Å². The van der Waals surface area contributed by atoms with E-state index in [2.05, 4.69) is 4.72 Å². The van der Waals surface area contributed by atoms with Gasteiger partial charge in [0.05, 0.1) is 12.1 Å². The Bertz CT molecular complexity index is 391. The Morgan fingerprint density at radius 3 is 2.44 bits per heavy atom. The van der Waals surface area contributed by atoms with Crippen LogP contribution in [0.5, 0.6) is 0 Å². The summed E-state index contributed by atoms with van der Waals surface area (Å²) in [6.45, 7) is 3.41. The molecule has 0 saturated carbocycles. The largest absolute Gasteiger partial charge is 0.230 e. The summed E-state index contributed by atoms with van der Waals surface area (Å²) in [6.07, 6.45) is 1.94. The van der Waals surface area contributed by atoms with Crippen LogP contribution in [0.4, 0.5) is 0 Å². The minimum Gasteiger partial charge on any atom is -0.213 e. The Balaban J connectivity index is 4.68. The maximum absolute atomic E-state index is 11.8. The van der Waals surface area contributed by atoms with Crippen molar-refractivity contribution in [3.63, 3.8) is 0 Å². The highest BCUT2D eigenvalue weighted by molar-refractivity contribution is 7.91. The van der Waals surface area contributed by atoms with Crippen LogP contribution in [0.1, 0.15) is 39.5 Å². The van der Waals surface area contributed by atoms with Gasteiger partial charge < -0.3 is 0 Å². The fraction of sp³-hybridized carbons (Fsp3) is 0.800. The third kappa shape index (κ3) is 3.80. The van der Waals surface area contributed by atoms with E-state index < -0.39 is 14.8 Å². The fourth-order valence-electron chi connectivity index (χ4n) is 1.17. The number of sulfonamides is 1. The number of hydrogen-bond acceptors (Lipinski definition) is 4. The van der Waals surface area contributed by atoms with Gasteiger partial charge in [0.1, 0.15) is 0 Å². The van der Waals surface area contributed by atoms with Gasteiger partial charge in [-0.25, -0.2) is 13.1 Å². The first-order valence-corrected chi connectivity index (χ1v) is 6.69. The molecule has 0 spiro atoms. The summed E-state index contributed by atoms with van der Waals surface area (Å²) in [5.41, 5.74) is 0. The van der Waals surface area contributed by atoms with Gasteiger partial charge in [0, 0.05) is 13.0 Å². The van der Waals surface area contributed by atoms with E-state index in [9.17, 15) is 8.42 Å². The monoisotopic (exact) mass is 243 g/mol. The molecule has 0 aliphatic rings. The average molecular weight is 243 g/mol. The van der Waals surface area contributed by atoms with Gasteiger partial charge in [-0.1, -0.05) is 19.8 Å². The summed E-state index contributed by atoms with van der Waals surface area (Å²) in [7, 11) is -3.68. The van der Waals surface area contributed by atoms with Crippen molar-refractivity contribution in [3.05, 3.63) is 0 Å². The molecule has 0 aromatic heterocycles. The lowest BCUT2D eigenvalue weighted by molar-refractivity contribution is 0.529. The summed E-state index contributed by atoms with van der Waals surface area (Å²) < 4.78 is 24.5. The van der Waals surface area contributed by atoms with E-state index in [4.69, 9.17) is 10.5 Å². The van der Waals surface area contributed by atoms with Gasteiger partial charge in [-0.15, -0.1) is 0 Å². The summed E-state index contributed by atoms with van der Waals surface area (Å²) >= 11 is 0. The fourth-order valence-corrected chi connectivity index (χ4v) is 2.39. The van der Waals surface area contributed by atoms with Crippen LogP contribution in [0.2, 0.25) is 0 Å². The van der Waals surface area contributed by atoms with Crippen LogP contribution in [0.25, 0.3) is 0 Å². The van der Waals surface area contributed by atoms with Gasteiger partial charge in [0.15, 0.2) is 4.75 Å². The smallest absolute Gasteiger partial charge is 0.213 e. The zero-order valence-corrected chi connectivity index (χ0v) is 10.5. The predicted molar refractivity (Wildman–Crippen MR) is 60.7 cm³/mol. The Morgan fingerprint density at radius 2 is 2.00 bits per heavy atom. The molecule has 0 aliphatic heterocycles. The van der Waals surface area contributed by atoms with E-state index >= 15 is 0 Å². The van der Waals surface area contributed by atoms with Crippen LogP contribution in [-0.4, -0.2) is 19.7 Å². The quantitative estimate of drug-likeness (QED) is 0.682. The molecule has 1 atom stereocenters. The summed E-state index contributed by atoms with van der Waals surface area (Å²) in [4.78, 5) is 0. The van der Waals surface area contributed by atoms with Gasteiger partial charge in [-0.2, -0.15) is 10.5 Å². The topological polar surface area (TPSA) is 93.8 Å². The molecule has 0 amide bonds. The van der Waals surface area contributed by atoms with Gasteiger partial charge in [-0.3, -0.25) is 0 Å². The summed E-state index contributed by atoms with van der Waals surface area (Å²) in [5.74, 6) is 0. The van der Waals surface area contributed by atoms with Gasteiger partial charge >= 0.3 is 0 Å². The molecular formula is C10H17N3O2S. The van der Waals surface area contributed by atoms with E-state index in [-0.39, 0.29) is 13.0 Å². The first kappa shape index (κ1) is 14.9. The lowest BCUT2D eigenvalue weighted by Gasteiger charge is -2.21. The Morgan fingerprint density at radius 1 is 1.38 bits per heavy atom. The Kier molecular flexibility index (Phi) is 6.02. The van der Waals surface area contributed by atoms with Crippen molar-refractivity contribution in [2.24, 2.45) is 0 Å². The van der Waals surface area contributed by atoms with Crippen molar-refractivity contribution in [1.29, 1.82) is 10.5 Å². The molecule has 0 aromatic carbocycles. The third-order valence-electron chi connectivity index (χ3n) is 2.37. The van der Waals surface area contributed by atoms with Gasteiger partial charge in [-0.05, 0) is 13.3 Å². The maximum atomic E-state index is 11.8. The lowest BCUT2D eigenvalue weighted by Crippen LogP contribution is -2.43. The van der Waals surface area contributed by atoms with Crippen LogP contribution in [0, 0.1) is 22.7 Å². The molecule has 0 heterocycles. The van der Waals surface area contributed by atoms with Crippen molar-refractivity contribution >= 4 is 10.0 Å². The van der Waals surface area contributed by atoms with Gasteiger partial charge in [0.25, 0.3) is 0 Å². The minimum absolute atomic E-state index is 0.0578. The second kappa shape index (κ2) is 6.47. The number of nitriles is 2. The molecule has 1 N–H and O–H groups in total. The first-order valence-electron chi connectivity index (χ1n) is 5.21. The van der Waals surface area contributed by atoms with Crippen LogP contribution in [0.3, 0.4) is 0 Å². The van der Waals surface area contributed by atoms with Crippen LogP contribution in [-0.2, 0) is 10.0 Å². The molecular weight excluding hydrogens is 226 g/mol. The zero-order valence-electron chi connectivity index (χ0n) is 9.65. The van der Waals surface area contributed by atoms with E-state index in [1.54, 1.807) is 0 Å². The second-order valence-electron chi connectivity index (χ2n) is 3.75. The minimum atomic E-state index is -3.68. The second-order valence-corrected chi connectivity index (χ2v) is 5.95. The normalized spacial score (nSPS) is 14.8. The molecule has 1 unspecified atom stereocenters. The maximum Gasteiger partial charge on any atom is 0.230 e. The summed E-state index contributed by atoms with van der Waals surface area (Å²) in [6, 6.07) is 3.69. The molecule has 0 aliphatic carbocycles. The SMILES string of the molecule is CCCCC(C)(C#N)S(=O)(=O)NCCC#N. The van der Waals surface area contributed by atoms with E-state index in [1.165, 1.54) is 6.92 Å². The third-order valence-corrected chi connectivity index (χ3v) is 4.43. The molecule has 16 heavy (non-hydrogen) atoms. The molecule has 0 aromatic rings. The van der Waals surface area contributed by atoms with Crippen molar-refractivity contribution in [3.8, 4) is 12.1 Å². The Hall–Kier alpha value is -1.11. The number of nitrogens with one attached hydrogen (secondary N) is 1. The molecule has 0 fully saturated rings. The van der Waals surface area contributed by atoms with Crippen LogP contribution < -0.4 is 4.72 Å². The molecule has 0 saturated heterocycles. The molecule has 0 bridgehead atoms. The number of nitrogens with zero attached hydrogens (tertiary/aromatic N) is 2. The highest BCUT2D eigenvalue weighted by Gasteiger charge is 2.38. The standard InChI is InChI=1S/C10H17N3O2S/c1-3-4-6-10(2,9-12)16(14,15)13-8-5-7-11/h13H,3-6,8H2,1-2H3. The highest BCUT2D eigenvalue weighted by atomic mass is 32.2. The molecule has 0 rings (SSSR count). The lowest BCUT2D eigenvalue weighted by atomic mass is 10.1. The van der Waals surface area contributed by atoms with Crippen molar-refractivity contribution in [2.75, 3.05) is 6.54 Å². The molecule has 90 valence electrons. The van der Waals surface area contributed by atoms with E-state index in [0.29, 0.717) is 12.8 Å². The molecule has 6 heteroatoms. The Labute approximate surface area is 97.1 Å². The molecule has 0 radical (unpaired) electrons. The van der Waals surface area contributed by atoms with Crippen molar-refractivity contribution in [2.45, 2.75) is 44.3 Å². The van der Waals surface area contributed by atoms with Crippen molar-refractivity contribution in [1.82, 2.24) is 4.72 Å². The molecule has 5 nitrogen and oxygen atoms in total. The van der Waals surface area contributed by atoms with E-state index in [0.717, 1.165) is 6.42 Å². The highest BCUT2D eigenvalue weighted by Crippen LogP contribution is 2.22. The van der Waals surface area contributed by atoms with Crippen LogP contribution >= 0.6 is 0 Å². The number of unbranched alkanes of at least 4 members (excludes halogenated alkanes) is 1. The van der Waals surface area contributed by atoms with Gasteiger partial charge in [0.2, 0.25) is 10.0 Å². The van der Waals surface area contributed by atoms with Crippen LogP contribution in [0.15, 0.2) is 0 Å². The number of hydrogen-bond donors (Lipinski definition) is 1. The predicted octanol–water partition coefficient (Wildman–Crippen LogP) is 1.29. The van der Waals surface area contributed by atoms with E-state index in [1.807, 2.05) is 19.1 Å². The summed E-state index contributed by atoms with van der Waals surface area (Å²) in [5, 5.41) is 17.3. The first-order chi connectivity index (χ1) is 7.43. The number of rotatable bonds is 7.